The second-order valence-electron chi connectivity index (χ2n) is 4.47. The second kappa shape index (κ2) is 5.03. The highest BCUT2D eigenvalue weighted by molar-refractivity contribution is 8.08. The van der Waals surface area contributed by atoms with Gasteiger partial charge in [0.2, 0.25) is 0 Å². The lowest BCUT2D eigenvalue weighted by molar-refractivity contribution is 1.18. The van der Waals surface area contributed by atoms with Gasteiger partial charge in [-0.05, 0) is 40.5 Å². The normalized spacial score (nSPS) is 13.3. The monoisotopic (exact) mass is 252 g/mol. The first-order valence-electron chi connectivity index (χ1n) is 6.39. The molecule has 0 spiro atoms. The van der Waals surface area contributed by atoms with E-state index in [1.807, 2.05) is 11.8 Å². The minimum absolute atomic E-state index is 1.04. The maximum atomic E-state index is 2.34. The predicted octanol–water partition coefficient (Wildman–Crippen LogP) is 4.84. The van der Waals surface area contributed by atoms with Gasteiger partial charge in [0.1, 0.15) is 0 Å². The van der Waals surface area contributed by atoms with Crippen molar-refractivity contribution in [3.05, 3.63) is 70.8 Å². The van der Waals surface area contributed by atoms with Crippen molar-refractivity contribution < 1.29 is 0 Å². The number of hydrogen-bond acceptors (Lipinski definition) is 1. The molecule has 0 saturated carbocycles. The van der Waals surface area contributed by atoms with Gasteiger partial charge in [0.05, 0.1) is 0 Å². The average molecular weight is 252 g/mol. The lowest BCUT2D eigenvalue weighted by Crippen LogP contribution is -1.92. The van der Waals surface area contributed by atoms with E-state index in [4.69, 9.17) is 0 Å². The van der Waals surface area contributed by atoms with E-state index in [0.29, 0.717) is 0 Å². The zero-order valence-corrected chi connectivity index (χ0v) is 11.3. The van der Waals surface area contributed by atoms with Crippen molar-refractivity contribution in [2.24, 2.45) is 0 Å². The molecule has 1 heteroatoms. The molecular formula is C17H16S. The highest BCUT2D eigenvalue weighted by Gasteiger charge is 2.14. The van der Waals surface area contributed by atoms with Crippen LogP contribution in [0.3, 0.4) is 0 Å². The Balaban J connectivity index is 2.19. The van der Waals surface area contributed by atoms with E-state index in [2.05, 4.69) is 61.5 Å². The van der Waals surface area contributed by atoms with Crippen molar-refractivity contribution in [2.75, 3.05) is 5.75 Å². The minimum Gasteiger partial charge on any atom is -0.126 e. The highest BCUT2D eigenvalue weighted by Crippen LogP contribution is 2.36. The van der Waals surface area contributed by atoms with Crippen molar-refractivity contribution in [2.45, 2.75) is 13.3 Å². The molecule has 0 unspecified atom stereocenters. The summed E-state index contributed by atoms with van der Waals surface area (Å²) in [4.78, 5) is 1.40. The van der Waals surface area contributed by atoms with Crippen LogP contribution in [0.5, 0.6) is 0 Å². The van der Waals surface area contributed by atoms with Crippen LogP contribution in [0.15, 0.2) is 48.5 Å². The summed E-state index contributed by atoms with van der Waals surface area (Å²) < 4.78 is 0. The second-order valence-corrected chi connectivity index (χ2v) is 5.78. The van der Waals surface area contributed by atoms with Crippen LogP contribution >= 0.6 is 11.8 Å². The van der Waals surface area contributed by atoms with Gasteiger partial charge in [0, 0.05) is 4.91 Å². The SMILES string of the molecule is CCSC1=Cc2ccccc2Cc2ccccc21. The van der Waals surface area contributed by atoms with Crippen molar-refractivity contribution in [3.63, 3.8) is 0 Å². The van der Waals surface area contributed by atoms with E-state index in [9.17, 15) is 0 Å². The lowest BCUT2D eigenvalue weighted by atomic mass is 10.0. The summed E-state index contributed by atoms with van der Waals surface area (Å²) in [6.07, 6.45) is 3.38. The van der Waals surface area contributed by atoms with Gasteiger partial charge in [-0.25, -0.2) is 0 Å². The summed E-state index contributed by atoms with van der Waals surface area (Å²) in [7, 11) is 0. The average Bonchev–Trinajstić information content (AvgIpc) is 2.56. The Labute approximate surface area is 113 Å². The van der Waals surface area contributed by atoms with Crippen molar-refractivity contribution in [1.82, 2.24) is 0 Å². The topological polar surface area (TPSA) is 0 Å². The fourth-order valence-corrected chi connectivity index (χ4v) is 3.33. The molecule has 0 bridgehead atoms. The van der Waals surface area contributed by atoms with Crippen LogP contribution in [0.1, 0.15) is 29.2 Å². The van der Waals surface area contributed by atoms with Crippen LogP contribution in [0.4, 0.5) is 0 Å². The van der Waals surface area contributed by atoms with E-state index >= 15 is 0 Å². The van der Waals surface area contributed by atoms with Gasteiger partial charge in [-0.1, -0.05) is 55.5 Å². The van der Waals surface area contributed by atoms with Gasteiger partial charge >= 0.3 is 0 Å². The maximum Gasteiger partial charge on any atom is 0.0153 e. The van der Waals surface area contributed by atoms with E-state index in [1.165, 1.54) is 27.2 Å². The smallest absolute Gasteiger partial charge is 0.0153 e. The van der Waals surface area contributed by atoms with Crippen LogP contribution in [0.2, 0.25) is 0 Å². The molecule has 0 fully saturated rings. The van der Waals surface area contributed by atoms with E-state index in [1.54, 1.807) is 0 Å². The van der Waals surface area contributed by atoms with Crippen LogP contribution in [0, 0.1) is 0 Å². The largest absolute Gasteiger partial charge is 0.126 e. The van der Waals surface area contributed by atoms with Crippen LogP contribution in [0.25, 0.3) is 11.0 Å². The number of thioether (sulfide) groups is 1. The molecule has 0 radical (unpaired) electrons. The number of benzene rings is 2. The minimum atomic E-state index is 1.04. The quantitative estimate of drug-likeness (QED) is 0.737. The molecule has 1 aliphatic rings. The Morgan fingerprint density at radius 3 is 2.50 bits per heavy atom. The molecule has 0 amide bonds. The van der Waals surface area contributed by atoms with Crippen molar-refractivity contribution in [3.8, 4) is 0 Å². The van der Waals surface area contributed by atoms with Crippen molar-refractivity contribution in [1.29, 1.82) is 0 Å². The van der Waals surface area contributed by atoms with Gasteiger partial charge < -0.3 is 0 Å². The molecule has 0 nitrogen and oxygen atoms in total. The molecule has 0 atom stereocenters. The zero-order chi connectivity index (χ0) is 12.4. The number of hydrogen-bond donors (Lipinski definition) is 0. The molecule has 90 valence electrons. The Morgan fingerprint density at radius 1 is 0.944 bits per heavy atom. The van der Waals surface area contributed by atoms with Gasteiger partial charge in [0.25, 0.3) is 0 Å². The van der Waals surface area contributed by atoms with E-state index in [0.717, 1.165) is 12.2 Å². The third kappa shape index (κ3) is 2.11. The zero-order valence-electron chi connectivity index (χ0n) is 10.5. The Morgan fingerprint density at radius 2 is 1.67 bits per heavy atom. The fraction of sp³-hybridized carbons (Fsp3) is 0.176. The number of fused-ring (bicyclic) bond motifs is 2. The van der Waals surface area contributed by atoms with Crippen molar-refractivity contribution >= 4 is 22.7 Å². The summed E-state index contributed by atoms with van der Waals surface area (Å²) >= 11 is 1.93. The standard InChI is InChI=1S/C17H16S/c1-2-18-17-12-14-8-4-3-7-13(14)11-15-9-5-6-10-16(15)17/h3-10,12H,2,11H2,1H3. The molecule has 0 N–H and O–H groups in total. The van der Waals surface area contributed by atoms with E-state index in [-0.39, 0.29) is 0 Å². The molecule has 0 saturated heterocycles. The Bertz CT molecular complexity index is 596. The van der Waals surface area contributed by atoms with Gasteiger partial charge in [-0.3, -0.25) is 0 Å². The highest BCUT2D eigenvalue weighted by atomic mass is 32.2. The van der Waals surface area contributed by atoms with Crippen LogP contribution < -0.4 is 0 Å². The molecule has 18 heavy (non-hydrogen) atoms. The molecule has 2 aromatic carbocycles. The molecule has 0 heterocycles. The van der Waals surface area contributed by atoms with Crippen LogP contribution in [-0.4, -0.2) is 5.75 Å². The summed E-state index contributed by atoms with van der Waals surface area (Å²) in [5.41, 5.74) is 5.64. The first-order valence-corrected chi connectivity index (χ1v) is 7.37. The molecule has 1 aliphatic carbocycles. The predicted molar refractivity (Wildman–Crippen MR) is 81.7 cm³/mol. The van der Waals surface area contributed by atoms with Gasteiger partial charge in [-0.15, -0.1) is 11.8 Å². The third-order valence-corrected chi connectivity index (χ3v) is 4.24. The third-order valence-electron chi connectivity index (χ3n) is 3.31. The fourth-order valence-electron chi connectivity index (χ4n) is 2.45. The Kier molecular flexibility index (Phi) is 3.24. The molecule has 3 rings (SSSR count). The summed E-state index contributed by atoms with van der Waals surface area (Å²) in [5, 5.41) is 0. The maximum absolute atomic E-state index is 2.34. The van der Waals surface area contributed by atoms with Crippen LogP contribution in [-0.2, 0) is 6.42 Å². The first kappa shape index (κ1) is 11.6. The summed E-state index contributed by atoms with van der Waals surface area (Å²) in [6.45, 7) is 2.21. The van der Waals surface area contributed by atoms with Gasteiger partial charge in [0.15, 0.2) is 0 Å². The lowest BCUT2D eigenvalue weighted by Gasteiger charge is -2.08. The summed E-state index contributed by atoms with van der Waals surface area (Å²) in [5.74, 6) is 1.11. The molecular weight excluding hydrogens is 236 g/mol. The van der Waals surface area contributed by atoms with Gasteiger partial charge in [-0.2, -0.15) is 0 Å². The van der Waals surface area contributed by atoms with E-state index < -0.39 is 0 Å². The molecule has 0 aliphatic heterocycles. The molecule has 0 aromatic heterocycles. The Hall–Kier alpha value is -1.47. The summed E-state index contributed by atoms with van der Waals surface area (Å²) in [6, 6.07) is 17.5. The molecule has 2 aromatic rings. The first-order chi connectivity index (χ1) is 8.88. The number of rotatable bonds is 2.